The van der Waals surface area contributed by atoms with E-state index in [9.17, 15) is 9.59 Å². The second-order valence-corrected chi connectivity index (χ2v) is 7.89. The summed E-state index contributed by atoms with van der Waals surface area (Å²) < 4.78 is 12.4. The van der Waals surface area contributed by atoms with Crippen LogP contribution in [-0.2, 0) is 9.53 Å². The van der Waals surface area contributed by atoms with Crippen molar-refractivity contribution in [3.8, 4) is 0 Å². The quantitative estimate of drug-likeness (QED) is 0.417. The minimum Gasteiger partial charge on any atom is -0.467 e. The van der Waals surface area contributed by atoms with Crippen LogP contribution in [0.5, 0.6) is 0 Å². The van der Waals surface area contributed by atoms with Crippen LogP contribution in [0, 0.1) is 6.92 Å². The van der Waals surface area contributed by atoms with Crippen molar-refractivity contribution < 1.29 is 18.7 Å². The summed E-state index contributed by atoms with van der Waals surface area (Å²) in [6, 6.07) is 12.0. The molecule has 3 aromatic heterocycles. The van der Waals surface area contributed by atoms with E-state index in [1.54, 1.807) is 55.9 Å². The first-order valence-electron chi connectivity index (χ1n) is 10.2. The van der Waals surface area contributed by atoms with Gasteiger partial charge in [0.25, 0.3) is 5.91 Å². The molecule has 4 aromatic rings. The Morgan fingerprint density at radius 1 is 1.21 bits per heavy atom. The number of nitrogens with zero attached hydrogens (tertiary/aromatic N) is 5. The van der Waals surface area contributed by atoms with Crippen LogP contribution in [0.3, 0.4) is 0 Å². The summed E-state index contributed by atoms with van der Waals surface area (Å²) in [5, 5.41) is 10.7. The summed E-state index contributed by atoms with van der Waals surface area (Å²) >= 11 is 5.99. The number of hydrazone groups is 1. The topological polar surface area (TPSA) is 102 Å². The highest BCUT2D eigenvalue weighted by Crippen LogP contribution is 2.33. The number of furan rings is 1. The molecule has 9 nitrogen and oxygen atoms in total. The summed E-state index contributed by atoms with van der Waals surface area (Å²) in [5.41, 5.74) is 2.60. The number of carbonyl (C=O) groups is 2. The fraction of sp³-hybridized carbons (Fsp3) is 0.174. The van der Waals surface area contributed by atoms with Gasteiger partial charge in [0, 0.05) is 23.8 Å². The molecule has 1 unspecified atom stereocenters. The number of fused-ring (bicyclic) bond motifs is 1. The van der Waals surface area contributed by atoms with Crippen molar-refractivity contribution in [1.82, 2.24) is 19.6 Å². The van der Waals surface area contributed by atoms with Crippen molar-refractivity contribution in [3.05, 3.63) is 88.7 Å². The van der Waals surface area contributed by atoms with Gasteiger partial charge in [-0.05, 0) is 42.8 Å². The highest BCUT2D eigenvalue weighted by Gasteiger charge is 2.35. The van der Waals surface area contributed by atoms with Crippen LogP contribution in [0.15, 0.2) is 70.6 Å². The molecule has 0 radical (unpaired) electrons. The second kappa shape index (κ2) is 8.51. The Hall–Kier alpha value is -3.98. The Labute approximate surface area is 193 Å². The molecular weight excluding hydrogens is 446 g/mol. The average molecular weight is 464 g/mol. The number of hydrogen-bond donors (Lipinski definition) is 0. The van der Waals surface area contributed by atoms with Crippen molar-refractivity contribution in [3.63, 3.8) is 0 Å². The summed E-state index contributed by atoms with van der Waals surface area (Å²) in [7, 11) is 0. The van der Waals surface area contributed by atoms with Gasteiger partial charge in [-0.3, -0.25) is 4.79 Å². The number of ether oxygens (including phenoxy) is 1. The number of halogens is 1. The van der Waals surface area contributed by atoms with E-state index in [2.05, 4.69) is 15.2 Å². The van der Waals surface area contributed by atoms with E-state index in [-0.39, 0.29) is 5.56 Å². The number of hydrogen-bond acceptors (Lipinski definition) is 7. The fourth-order valence-corrected chi connectivity index (χ4v) is 3.89. The molecule has 0 bridgehead atoms. The maximum absolute atomic E-state index is 13.0. The standard InChI is InChI=1S/C23H18ClN5O4/c1-14-21(22-25-9-3-10-28(22)26-14)23(31)33-13-20(30)29-18(19-4-2-11-32-19)12-17(27-29)15-5-7-16(24)8-6-15/h2-11,18H,12-13H2,1H3. The van der Waals surface area contributed by atoms with Gasteiger partial charge in [0.2, 0.25) is 0 Å². The number of esters is 1. The summed E-state index contributed by atoms with van der Waals surface area (Å²) in [6.45, 7) is 1.19. The van der Waals surface area contributed by atoms with E-state index in [1.165, 1.54) is 9.52 Å². The third-order valence-corrected chi connectivity index (χ3v) is 5.57. The molecule has 1 aromatic carbocycles. The van der Waals surface area contributed by atoms with Crippen LogP contribution in [0.1, 0.15) is 39.8 Å². The summed E-state index contributed by atoms with van der Waals surface area (Å²) in [5.74, 6) is -0.564. The van der Waals surface area contributed by atoms with E-state index in [1.807, 2.05) is 12.1 Å². The summed E-state index contributed by atoms with van der Waals surface area (Å²) in [4.78, 5) is 30.0. The zero-order chi connectivity index (χ0) is 22.9. The molecule has 0 N–H and O–H groups in total. The number of amides is 1. The minimum atomic E-state index is -0.676. The molecule has 1 amide bonds. The lowest BCUT2D eigenvalue weighted by molar-refractivity contribution is -0.136. The SMILES string of the molecule is Cc1nn2cccnc2c1C(=O)OCC(=O)N1N=C(c2ccc(Cl)cc2)CC1c1ccco1. The Bertz CT molecular complexity index is 1360. The van der Waals surface area contributed by atoms with Crippen LogP contribution in [0.4, 0.5) is 0 Å². The molecule has 1 aliphatic rings. The van der Waals surface area contributed by atoms with E-state index in [0.29, 0.717) is 34.3 Å². The second-order valence-electron chi connectivity index (χ2n) is 7.45. The normalized spacial score (nSPS) is 15.6. The van der Waals surface area contributed by atoms with Crippen LogP contribution in [0.2, 0.25) is 5.02 Å². The lowest BCUT2D eigenvalue weighted by atomic mass is 10.0. The van der Waals surface area contributed by atoms with Crippen molar-refractivity contribution in [2.24, 2.45) is 5.10 Å². The molecule has 0 fully saturated rings. The third kappa shape index (κ3) is 3.98. The van der Waals surface area contributed by atoms with Gasteiger partial charge in [-0.1, -0.05) is 23.7 Å². The highest BCUT2D eigenvalue weighted by atomic mass is 35.5. The van der Waals surface area contributed by atoms with Gasteiger partial charge in [-0.15, -0.1) is 0 Å². The third-order valence-electron chi connectivity index (χ3n) is 5.32. The summed E-state index contributed by atoms with van der Waals surface area (Å²) in [6.07, 6.45) is 5.23. The minimum absolute atomic E-state index is 0.220. The van der Waals surface area contributed by atoms with Crippen LogP contribution in [-0.4, -0.2) is 43.8 Å². The van der Waals surface area contributed by atoms with Crippen LogP contribution in [0.25, 0.3) is 5.65 Å². The van der Waals surface area contributed by atoms with Gasteiger partial charge in [-0.2, -0.15) is 10.2 Å². The molecule has 0 saturated carbocycles. The molecule has 0 saturated heterocycles. The van der Waals surface area contributed by atoms with Crippen molar-refractivity contribution in [2.75, 3.05) is 6.61 Å². The lowest BCUT2D eigenvalue weighted by Gasteiger charge is -2.19. The monoisotopic (exact) mass is 463 g/mol. The first kappa shape index (κ1) is 20.9. The zero-order valence-corrected chi connectivity index (χ0v) is 18.3. The Morgan fingerprint density at radius 2 is 2.03 bits per heavy atom. The van der Waals surface area contributed by atoms with Crippen LogP contribution < -0.4 is 0 Å². The predicted octanol–water partition coefficient (Wildman–Crippen LogP) is 3.82. The number of benzene rings is 1. The molecule has 10 heteroatoms. The van der Waals surface area contributed by atoms with Gasteiger partial charge < -0.3 is 9.15 Å². The number of carbonyl (C=O) groups excluding carboxylic acids is 2. The van der Waals surface area contributed by atoms with E-state index >= 15 is 0 Å². The van der Waals surface area contributed by atoms with Crippen molar-refractivity contribution in [1.29, 1.82) is 0 Å². The Morgan fingerprint density at radius 3 is 2.79 bits per heavy atom. The van der Waals surface area contributed by atoms with E-state index < -0.39 is 24.5 Å². The zero-order valence-electron chi connectivity index (χ0n) is 17.5. The molecule has 0 spiro atoms. The first-order chi connectivity index (χ1) is 16.0. The van der Waals surface area contributed by atoms with Gasteiger partial charge in [0.1, 0.15) is 17.4 Å². The molecule has 0 aliphatic carbocycles. The maximum atomic E-state index is 13.0. The molecule has 5 rings (SSSR count). The van der Waals surface area contributed by atoms with E-state index in [4.69, 9.17) is 20.8 Å². The Kier molecular flexibility index (Phi) is 5.39. The smallest absolute Gasteiger partial charge is 0.344 e. The number of aryl methyl sites for hydroxylation is 1. The van der Waals surface area contributed by atoms with Crippen molar-refractivity contribution >= 4 is 34.8 Å². The Balaban J connectivity index is 1.36. The molecule has 1 atom stereocenters. The molecule has 1 aliphatic heterocycles. The van der Waals surface area contributed by atoms with Gasteiger partial charge in [0.05, 0.1) is 17.7 Å². The van der Waals surface area contributed by atoms with Crippen molar-refractivity contribution in [2.45, 2.75) is 19.4 Å². The van der Waals surface area contributed by atoms with Gasteiger partial charge >= 0.3 is 5.97 Å². The maximum Gasteiger partial charge on any atom is 0.344 e. The average Bonchev–Trinajstić information content (AvgIpc) is 3.55. The molecule has 33 heavy (non-hydrogen) atoms. The van der Waals surface area contributed by atoms with Crippen LogP contribution >= 0.6 is 11.6 Å². The highest BCUT2D eigenvalue weighted by molar-refractivity contribution is 6.30. The largest absolute Gasteiger partial charge is 0.467 e. The van der Waals surface area contributed by atoms with E-state index in [0.717, 1.165) is 5.56 Å². The number of aromatic nitrogens is 3. The lowest BCUT2D eigenvalue weighted by Crippen LogP contribution is -2.31. The predicted molar refractivity (Wildman–Crippen MR) is 119 cm³/mol. The molecule has 4 heterocycles. The number of rotatable bonds is 5. The molecule has 166 valence electrons. The van der Waals surface area contributed by atoms with Gasteiger partial charge in [-0.25, -0.2) is 19.3 Å². The molecular formula is C23H18ClN5O4. The van der Waals surface area contributed by atoms with Gasteiger partial charge in [0.15, 0.2) is 12.3 Å². The fourth-order valence-electron chi connectivity index (χ4n) is 3.76. The first-order valence-corrected chi connectivity index (χ1v) is 10.5.